The molecular weight excluding hydrogens is 340 g/mol. The van der Waals surface area contributed by atoms with Crippen molar-refractivity contribution < 1.29 is 28.0 Å². The number of nitro benzene ring substituents is 1. The summed E-state index contributed by atoms with van der Waals surface area (Å²) in [4.78, 5) is 32.9. The van der Waals surface area contributed by atoms with E-state index in [1.165, 1.54) is 6.08 Å². The molecule has 0 bridgehead atoms. The van der Waals surface area contributed by atoms with Crippen LogP contribution in [-0.4, -0.2) is 42.6 Å². The van der Waals surface area contributed by atoms with E-state index in [-0.39, 0.29) is 12.0 Å². The number of rotatable bonds is 7. The maximum absolute atomic E-state index is 12.2. The summed E-state index contributed by atoms with van der Waals surface area (Å²) >= 11 is 0. The zero-order valence-electron chi connectivity index (χ0n) is 12.9. The number of nitrogens with zero attached hydrogens (tertiary/aromatic N) is 1. The molecule has 0 aliphatic heterocycles. The average Bonchev–Trinajstić information content (AvgIpc) is 2.49. The minimum Gasteiger partial charge on any atom is -0.480 e. The number of aliphatic carboxylic acids is 1. The molecule has 1 atom stereocenters. The molecule has 0 aliphatic carbocycles. The second kappa shape index (κ2) is 7.68. The molecule has 10 heteroatoms. The highest BCUT2D eigenvalue weighted by Gasteiger charge is 2.23. The quantitative estimate of drug-likeness (QED) is 0.423. The third-order valence-electron chi connectivity index (χ3n) is 3.00. The van der Waals surface area contributed by atoms with Crippen LogP contribution in [0.15, 0.2) is 35.2 Å². The molecule has 0 spiro atoms. The fourth-order valence-electron chi connectivity index (χ4n) is 1.77. The smallest absolute Gasteiger partial charge is 0.326 e. The number of sulfone groups is 1. The first kappa shape index (κ1) is 19.3. The van der Waals surface area contributed by atoms with Gasteiger partial charge in [0.05, 0.1) is 9.82 Å². The molecule has 1 unspecified atom stereocenters. The van der Waals surface area contributed by atoms with E-state index in [4.69, 9.17) is 5.11 Å². The monoisotopic (exact) mass is 356 g/mol. The van der Waals surface area contributed by atoms with Crippen molar-refractivity contribution >= 4 is 27.4 Å². The Bertz CT molecular complexity index is 799. The molecule has 0 aliphatic rings. The lowest BCUT2D eigenvalue weighted by atomic mass is 10.1. The lowest BCUT2D eigenvalue weighted by Gasteiger charge is -2.13. The van der Waals surface area contributed by atoms with Gasteiger partial charge in [-0.25, -0.2) is 13.2 Å². The highest BCUT2D eigenvalue weighted by atomic mass is 32.2. The van der Waals surface area contributed by atoms with Crippen LogP contribution in [0.1, 0.15) is 23.7 Å². The molecule has 0 radical (unpaired) electrons. The molecule has 1 aromatic rings. The molecule has 130 valence electrons. The fourth-order valence-corrected chi connectivity index (χ4v) is 2.45. The number of hydrogen-bond donors (Lipinski definition) is 2. The van der Waals surface area contributed by atoms with Crippen LogP contribution < -0.4 is 5.32 Å². The van der Waals surface area contributed by atoms with Crippen molar-refractivity contribution in [3.63, 3.8) is 0 Å². The minimum absolute atomic E-state index is 0.0193. The largest absolute Gasteiger partial charge is 0.480 e. The van der Waals surface area contributed by atoms with E-state index in [0.717, 1.165) is 24.5 Å². The van der Waals surface area contributed by atoms with E-state index in [1.807, 2.05) is 0 Å². The Morgan fingerprint density at radius 2 is 2.00 bits per heavy atom. The molecule has 1 amide bonds. The lowest BCUT2D eigenvalue weighted by Crippen LogP contribution is -2.40. The number of nitro groups is 1. The summed E-state index contributed by atoms with van der Waals surface area (Å²) in [5.41, 5.74) is -0.889. The van der Waals surface area contributed by atoms with Crippen molar-refractivity contribution in [2.75, 3.05) is 6.26 Å². The molecule has 0 saturated heterocycles. The number of allylic oxidation sites excluding steroid dienone is 1. The van der Waals surface area contributed by atoms with Crippen LogP contribution in [0, 0.1) is 10.1 Å². The van der Waals surface area contributed by atoms with Gasteiger partial charge in [-0.2, -0.15) is 0 Å². The molecule has 24 heavy (non-hydrogen) atoms. The van der Waals surface area contributed by atoms with Crippen LogP contribution >= 0.6 is 0 Å². The van der Waals surface area contributed by atoms with Crippen molar-refractivity contribution in [1.29, 1.82) is 0 Å². The van der Waals surface area contributed by atoms with E-state index >= 15 is 0 Å². The second-order valence-electron chi connectivity index (χ2n) is 4.91. The van der Waals surface area contributed by atoms with Crippen molar-refractivity contribution in [3.05, 3.63) is 46.0 Å². The van der Waals surface area contributed by atoms with Crippen molar-refractivity contribution in [1.82, 2.24) is 5.32 Å². The van der Waals surface area contributed by atoms with Crippen molar-refractivity contribution in [3.8, 4) is 0 Å². The molecule has 2 N–H and O–H groups in total. The Kier molecular flexibility index (Phi) is 6.18. The highest BCUT2D eigenvalue weighted by molar-refractivity contribution is 7.90. The molecule has 0 aromatic heterocycles. The summed E-state index contributed by atoms with van der Waals surface area (Å²) in [6.07, 6.45) is 4.01. The van der Waals surface area contributed by atoms with E-state index in [2.05, 4.69) is 5.32 Å². The molecule has 9 nitrogen and oxygen atoms in total. The standard InChI is InChI=1S/C14H16N2O7S/c1-3-4-5-12(14(18)19)15-13(17)9-6-10(16(20)21)8-11(7-9)24(2,22)23/h3-4,6-8,12H,5H2,1-2H3,(H,15,17)(H,18,19)/b4-3+. The number of benzene rings is 1. The lowest BCUT2D eigenvalue weighted by molar-refractivity contribution is -0.385. The van der Waals surface area contributed by atoms with Gasteiger partial charge in [0.25, 0.3) is 11.6 Å². The summed E-state index contributed by atoms with van der Waals surface area (Å²) in [5, 5.41) is 22.2. The molecule has 1 aromatic carbocycles. The topological polar surface area (TPSA) is 144 Å². The van der Waals surface area contributed by atoms with Crippen LogP contribution in [0.3, 0.4) is 0 Å². The SMILES string of the molecule is C/C=C/CC(NC(=O)c1cc([N+](=O)[O-])cc(S(C)(=O)=O)c1)C(=O)O. The predicted octanol–water partition coefficient (Wildman–Crippen LogP) is 1.15. The van der Waals surface area contributed by atoms with Gasteiger partial charge in [0.1, 0.15) is 6.04 Å². The number of amides is 1. The first-order valence-corrected chi connectivity index (χ1v) is 8.59. The third kappa shape index (κ3) is 5.16. The summed E-state index contributed by atoms with van der Waals surface area (Å²) in [6, 6.07) is 1.44. The summed E-state index contributed by atoms with van der Waals surface area (Å²) < 4.78 is 23.2. The Morgan fingerprint density at radius 1 is 1.38 bits per heavy atom. The molecule has 1 rings (SSSR count). The van der Waals surface area contributed by atoms with E-state index in [0.29, 0.717) is 0 Å². The molecule has 0 fully saturated rings. The molecule has 0 heterocycles. The number of nitrogens with one attached hydrogen (secondary N) is 1. The van der Waals surface area contributed by atoms with Gasteiger partial charge in [-0.3, -0.25) is 14.9 Å². The van der Waals surface area contributed by atoms with Crippen LogP contribution in [-0.2, 0) is 14.6 Å². The normalized spacial score (nSPS) is 12.8. The zero-order valence-corrected chi connectivity index (χ0v) is 13.7. The first-order valence-electron chi connectivity index (χ1n) is 6.70. The highest BCUT2D eigenvalue weighted by Crippen LogP contribution is 2.21. The van der Waals surface area contributed by atoms with Crippen LogP contribution in [0.25, 0.3) is 0 Å². The van der Waals surface area contributed by atoms with Gasteiger partial charge in [0.2, 0.25) is 0 Å². The van der Waals surface area contributed by atoms with Gasteiger partial charge in [-0.1, -0.05) is 12.2 Å². The number of carbonyl (C=O) groups is 2. The van der Waals surface area contributed by atoms with E-state index in [9.17, 15) is 28.1 Å². The fraction of sp³-hybridized carbons (Fsp3) is 0.286. The van der Waals surface area contributed by atoms with Crippen LogP contribution in [0.2, 0.25) is 0 Å². The number of non-ortho nitro benzene ring substituents is 1. The van der Waals surface area contributed by atoms with Gasteiger partial charge in [-0.05, 0) is 19.4 Å². The zero-order chi connectivity index (χ0) is 18.5. The number of hydrogen-bond acceptors (Lipinski definition) is 6. The molecule has 0 saturated carbocycles. The third-order valence-corrected chi connectivity index (χ3v) is 4.10. The second-order valence-corrected chi connectivity index (χ2v) is 6.93. The van der Waals surface area contributed by atoms with Crippen LogP contribution in [0.5, 0.6) is 0 Å². The summed E-state index contributed by atoms with van der Waals surface area (Å²) in [7, 11) is -3.79. The number of carboxylic acids is 1. The van der Waals surface area contributed by atoms with Crippen LogP contribution in [0.4, 0.5) is 5.69 Å². The number of carbonyl (C=O) groups excluding carboxylic acids is 1. The van der Waals surface area contributed by atoms with Crippen molar-refractivity contribution in [2.45, 2.75) is 24.3 Å². The Morgan fingerprint density at radius 3 is 2.46 bits per heavy atom. The van der Waals surface area contributed by atoms with Gasteiger partial charge < -0.3 is 10.4 Å². The molecular formula is C14H16N2O7S. The Labute approximate surface area is 138 Å². The van der Waals surface area contributed by atoms with Gasteiger partial charge in [0.15, 0.2) is 9.84 Å². The average molecular weight is 356 g/mol. The van der Waals surface area contributed by atoms with Gasteiger partial charge in [-0.15, -0.1) is 0 Å². The van der Waals surface area contributed by atoms with Crippen molar-refractivity contribution in [2.24, 2.45) is 0 Å². The van der Waals surface area contributed by atoms with Gasteiger partial charge >= 0.3 is 5.97 Å². The summed E-state index contributed by atoms with van der Waals surface area (Å²) in [6.45, 7) is 1.68. The Balaban J connectivity index is 3.24. The Hall–Kier alpha value is -2.75. The van der Waals surface area contributed by atoms with E-state index in [1.54, 1.807) is 13.0 Å². The number of carboxylic acid groups (broad SMARTS) is 1. The predicted molar refractivity (Wildman–Crippen MR) is 84.5 cm³/mol. The maximum Gasteiger partial charge on any atom is 0.326 e. The van der Waals surface area contributed by atoms with Gasteiger partial charge in [0, 0.05) is 24.0 Å². The minimum atomic E-state index is -3.79. The summed E-state index contributed by atoms with van der Waals surface area (Å²) in [5.74, 6) is -2.20. The van der Waals surface area contributed by atoms with E-state index < -0.39 is 43.3 Å². The maximum atomic E-state index is 12.2. The first-order chi connectivity index (χ1) is 11.1.